The second kappa shape index (κ2) is 2.53. The van der Waals surface area contributed by atoms with Crippen LogP contribution in [0.3, 0.4) is 0 Å². The molecule has 1 rings (SSSR count). The zero-order valence-corrected chi connectivity index (χ0v) is 6.92. The van der Waals surface area contributed by atoms with Crippen LogP contribution in [0.25, 0.3) is 0 Å². The molecular formula is C7H12N2O2. The van der Waals surface area contributed by atoms with Crippen molar-refractivity contribution in [3.63, 3.8) is 0 Å². The highest BCUT2D eigenvalue weighted by atomic mass is 16.2. The molecule has 1 aliphatic heterocycles. The smallest absolute Gasteiger partial charge is 0.310 e. The number of amides is 3. The maximum atomic E-state index is 11.0. The maximum Gasteiger partial charge on any atom is 0.325 e. The first-order valence-corrected chi connectivity index (χ1v) is 3.67. The molecule has 62 valence electrons. The molecule has 11 heavy (non-hydrogen) atoms. The molecule has 0 aromatic carbocycles. The van der Waals surface area contributed by atoms with Crippen LogP contribution in [-0.2, 0) is 4.79 Å². The van der Waals surface area contributed by atoms with E-state index in [4.69, 9.17) is 0 Å². The Hall–Kier alpha value is -1.06. The summed E-state index contributed by atoms with van der Waals surface area (Å²) in [5.41, 5.74) is 0. The van der Waals surface area contributed by atoms with Gasteiger partial charge in [-0.25, -0.2) is 4.79 Å². The number of nitrogens with zero attached hydrogens (tertiary/aromatic N) is 1. The van der Waals surface area contributed by atoms with E-state index in [1.54, 1.807) is 6.92 Å². The van der Waals surface area contributed by atoms with Gasteiger partial charge in [0.25, 0.3) is 5.91 Å². The van der Waals surface area contributed by atoms with Crippen LogP contribution in [0, 0.1) is 0 Å². The van der Waals surface area contributed by atoms with Crippen LogP contribution in [0.4, 0.5) is 4.79 Å². The van der Waals surface area contributed by atoms with Gasteiger partial charge in [-0.15, -0.1) is 0 Å². The van der Waals surface area contributed by atoms with Gasteiger partial charge >= 0.3 is 6.03 Å². The Kier molecular flexibility index (Phi) is 1.85. The Morgan fingerprint density at radius 2 is 2.00 bits per heavy atom. The minimum atomic E-state index is -0.317. The van der Waals surface area contributed by atoms with Crippen LogP contribution in [0.1, 0.15) is 20.8 Å². The molecule has 1 aliphatic rings. The van der Waals surface area contributed by atoms with E-state index in [1.807, 2.05) is 13.8 Å². The van der Waals surface area contributed by atoms with Gasteiger partial charge in [0.05, 0.1) is 0 Å². The van der Waals surface area contributed by atoms with E-state index < -0.39 is 0 Å². The Morgan fingerprint density at radius 3 is 2.18 bits per heavy atom. The van der Waals surface area contributed by atoms with Gasteiger partial charge in [-0.2, -0.15) is 0 Å². The first kappa shape index (κ1) is 8.04. The first-order chi connectivity index (χ1) is 5.04. The van der Waals surface area contributed by atoms with Crippen molar-refractivity contribution in [2.75, 3.05) is 0 Å². The fourth-order valence-corrected chi connectivity index (χ4v) is 1.26. The van der Waals surface area contributed by atoms with E-state index in [0.717, 1.165) is 0 Å². The highest BCUT2D eigenvalue weighted by molar-refractivity contribution is 6.03. The number of rotatable bonds is 1. The average Bonchev–Trinajstić information content (AvgIpc) is 2.07. The number of urea groups is 1. The summed E-state index contributed by atoms with van der Waals surface area (Å²) in [5, 5.41) is 2.25. The highest BCUT2D eigenvalue weighted by Crippen LogP contribution is 2.11. The molecule has 0 aliphatic carbocycles. The Balaban J connectivity index is 2.79. The third-order valence-corrected chi connectivity index (χ3v) is 1.82. The fourth-order valence-electron chi connectivity index (χ4n) is 1.26. The molecule has 1 N–H and O–H groups in total. The quantitative estimate of drug-likeness (QED) is 0.556. The van der Waals surface area contributed by atoms with Crippen LogP contribution in [0.15, 0.2) is 0 Å². The normalized spacial score (nSPS) is 24.7. The van der Waals surface area contributed by atoms with Gasteiger partial charge in [0.2, 0.25) is 0 Å². The lowest BCUT2D eigenvalue weighted by Crippen LogP contribution is -2.38. The summed E-state index contributed by atoms with van der Waals surface area (Å²) >= 11 is 0. The summed E-state index contributed by atoms with van der Waals surface area (Å²) in [4.78, 5) is 23.5. The number of carbonyl (C=O) groups is 2. The lowest BCUT2D eigenvalue weighted by Gasteiger charge is -2.22. The summed E-state index contributed by atoms with van der Waals surface area (Å²) in [5.74, 6) is -0.205. The van der Waals surface area contributed by atoms with Crippen LogP contribution in [0.5, 0.6) is 0 Å². The average molecular weight is 156 g/mol. The molecule has 1 atom stereocenters. The molecule has 4 heteroatoms. The Labute approximate surface area is 65.6 Å². The van der Waals surface area contributed by atoms with Crippen molar-refractivity contribution >= 4 is 11.9 Å². The predicted octanol–water partition coefficient (Wildman–Crippen LogP) is 0.335. The van der Waals surface area contributed by atoms with Crippen molar-refractivity contribution in [1.29, 1.82) is 0 Å². The van der Waals surface area contributed by atoms with Crippen molar-refractivity contribution in [3.05, 3.63) is 0 Å². The van der Waals surface area contributed by atoms with Gasteiger partial charge < -0.3 is 4.90 Å². The largest absolute Gasteiger partial charge is 0.325 e. The number of hydrogen-bond donors (Lipinski definition) is 1. The molecule has 0 bridgehead atoms. The SMILES string of the molecule is CC(C)N1C(=O)NC(=O)[C@H]1C. The summed E-state index contributed by atoms with van der Waals surface area (Å²) < 4.78 is 0. The number of imide groups is 1. The van der Waals surface area contributed by atoms with E-state index in [-0.39, 0.29) is 24.0 Å². The monoisotopic (exact) mass is 156 g/mol. The predicted molar refractivity (Wildman–Crippen MR) is 40.0 cm³/mol. The molecule has 0 aromatic heterocycles. The van der Waals surface area contributed by atoms with Crippen molar-refractivity contribution in [2.45, 2.75) is 32.9 Å². The lowest BCUT2D eigenvalue weighted by atomic mass is 10.2. The molecular weight excluding hydrogens is 144 g/mol. The summed E-state index contributed by atoms with van der Waals surface area (Å²) in [7, 11) is 0. The second-order valence-electron chi connectivity index (χ2n) is 2.97. The van der Waals surface area contributed by atoms with Crippen molar-refractivity contribution in [3.8, 4) is 0 Å². The topological polar surface area (TPSA) is 49.4 Å². The van der Waals surface area contributed by atoms with Gasteiger partial charge in [-0.1, -0.05) is 0 Å². The highest BCUT2D eigenvalue weighted by Gasteiger charge is 2.36. The third-order valence-electron chi connectivity index (χ3n) is 1.82. The molecule has 0 unspecified atom stereocenters. The molecule has 0 saturated carbocycles. The van der Waals surface area contributed by atoms with Crippen molar-refractivity contribution in [2.24, 2.45) is 0 Å². The summed E-state index contributed by atoms with van der Waals surface area (Å²) in [6, 6.07) is -0.517. The van der Waals surface area contributed by atoms with Gasteiger partial charge in [0.15, 0.2) is 0 Å². The van der Waals surface area contributed by atoms with Crippen molar-refractivity contribution < 1.29 is 9.59 Å². The molecule has 1 saturated heterocycles. The molecule has 0 radical (unpaired) electrons. The van der Waals surface area contributed by atoms with E-state index in [1.165, 1.54) is 4.90 Å². The summed E-state index contributed by atoms with van der Waals surface area (Å²) in [6.07, 6.45) is 0. The molecule has 0 spiro atoms. The van der Waals surface area contributed by atoms with Crippen LogP contribution < -0.4 is 5.32 Å². The van der Waals surface area contributed by atoms with Crippen LogP contribution in [0.2, 0.25) is 0 Å². The maximum absolute atomic E-state index is 11.0. The van der Waals surface area contributed by atoms with Gasteiger partial charge in [-0.3, -0.25) is 10.1 Å². The van der Waals surface area contributed by atoms with Crippen LogP contribution in [-0.4, -0.2) is 28.9 Å². The van der Waals surface area contributed by atoms with Gasteiger partial charge in [-0.05, 0) is 20.8 Å². The van der Waals surface area contributed by atoms with E-state index in [2.05, 4.69) is 5.32 Å². The molecule has 4 nitrogen and oxygen atoms in total. The van der Waals surface area contributed by atoms with Gasteiger partial charge in [0, 0.05) is 6.04 Å². The number of carbonyl (C=O) groups excluding carboxylic acids is 2. The molecule has 0 aromatic rings. The van der Waals surface area contributed by atoms with E-state index >= 15 is 0 Å². The van der Waals surface area contributed by atoms with E-state index in [9.17, 15) is 9.59 Å². The fraction of sp³-hybridized carbons (Fsp3) is 0.714. The molecule has 3 amide bonds. The van der Waals surface area contributed by atoms with Gasteiger partial charge in [0.1, 0.15) is 6.04 Å². The number of nitrogens with one attached hydrogen (secondary N) is 1. The lowest BCUT2D eigenvalue weighted by molar-refractivity contribution is -0.121. The third kappa shape index (κ3) is 1.20. The van der Waals surface area contributed by atoms with Crippen molar-refractivity contribution in [1.82, 2.24) is 10.2 Å². The molecule has 1 heterocycles. The Bertz CT molecular complexity index is 201. The first-order valence-electron chi connectivity index (χ1n) is 3.67. The van der Waals surface area contributed by atoms with Crippen LogP contribution >= 0.6 is 0 Å². The minimum absolute atomic E-state index is 0.0800. The zero-order chi connectivity index (χ0) is 8.59. The standard InChI is InChI=1S/C7H12N2O2/c1-4(2)9-5(3)6(10)8-7(9)11/h4-5H,1-3H3,(H,8,10,11)/t5-/m1/s1. The Morgan fingerprint density at radius 1 is 1.45 bits per heavy atom. The zero-order valence-electron chi connectivity index (χ0n) is 6.92. The summed E-state index contributed by atoms with van der Waals surface area (Å²) in [6.45, 7) is 5.49. The number of hydrogen-bond acceptors (Lipinski definition) is 2. The van der Waals surface area contributed by atoms with E-state index in [0.29, 0.717) is 0 Å². The minimum Gasteiger partial charge on any atom is -0.310 e. The second-order valence-corrected chi connectivity index (χ2v) is 2.97. The molecule has 1 fully saturated rings.